The van der Waals surface area contributed by atoms with Crippen LogP contribution in [0.25, 0.3) is 16.5 Å². The fraction of sp³-hybridized carbons (Fsp3) is 0.250. The van der Waals surface area contributed by atoms with Crippen LogP contribution in [0.4, 0.5) is 5.82 Å². The van der Waals surface area contributed by atoms with Crippen molar-refractivity contribution in [1.29, 1.82) is 0 Å². The Morgan fingerprint density at radius 3 is 2.48 bits per heavy atom. The second-order valence-electron chi connectivity index (χ2n) is 8.31. The molecule has 1 saturated heterocycles. The minimum absolute atomic E-state index is 0.213. The molecule has 1 aliphatic rings. The van der Waals surface area contributed by atoms with Gasteiger partial charge in [0.1, 0.15) is 5.82 Å². The van der Waals surface area contributed by atoms with Gasteiger partial charge in [0, 0.05) is 43.6 Å². The van der Waals surface area contributed by atoms with Crippen molar-refractivity contribution >= 4 is 28.2 Å². The van der Waals surface area contributed by atoms with Crippen molar-refractivity contribution in [2.45, 2.75) is 19.8 Å². The van der Waals surface area contributed by atoms with Crippen molar-refractivity contribution in [3.05, 3.63) is 96.9 Å². The van der Waals surface area contributed by atoms with Crippen LogP contribution in [0.5, 0.6) is 0 Å². The Morgan fingerprint density at radius 1 is 1.03 bits per heavy atom. The van der Waals surface area contributed by atoms with E-state index in [1.165, 1.54) is 5.56 Å². The lowest BCUT2D eigenvalue weighted by molar-refractivity contribution is -0.131. The zero-order valence-electron chi connectivity index (χ0n) is 19.2. The molecule has 0 saturated carbocycles. The number of anilines is 1. The van der Waals surface area contributed by atoms with Crippen LogP contribution in [0.15, 0.2) is 79.9 Å². The molecule has 1 aromatic heterocycles. The molecule has 5 heteroatoms. The summed E-state index contributed by atoms with van der Waals surface area (Å²) in [5, 5.41) is 1.02. The number of hydrogen-bond donors (Lipinski definition) is 0. The van der Waals surface area contributed by atoms with Gasteiger partial charge in [-0.25, -0.2) is 9.97 Å². The number of carbonyl (C=O) groups is 1. The molecule has 0 unspecified atom stereocenters. The number of benzene rings is 2. The van der Waals surface area contributed by atoms with Crippen LogP contribution in [0.3, 0.4) is 0 Å². The summed E-state index contributed by atoms with van der Waals surface area (Å²) in [6, 6.07) is 16.4. The van der Waals surface area contributed by atoms with E-state index in [4.69, 9.17) is 9.97 Å². The Morgan fingerprint density at radius 2 is 1.79 bits per heavy atom. The molecule has 1 aliphatic heterocycles. The summed E-state index contributed by atoms with van der Waals surface area (Å²) in [5.41, 5.74) is 4.10. The number of allylic oxidation sites excluding steroid dienone is 4. The van der Waals surface area contributed by atoms with Gasteiger partial charge in [-0.1, -0.05) is 67.8 Å². The van der Waals surface area contributed by atoms with E-state index in [2.05, 4.69) is 55.3 Å². The van der Waals surface area contributed by atoms with Gasteiger partial charge in [-0.15, -0.1) is 0 Å². The standard InChI is InChI=1S/C28H30N4O/c1-4-9-23(5-2)27-29-25-20-21(3)12-14-24(25)28(30-27)32-18-16-31(17-19-32)26(33)15-13-22-10-7-6-8-11-22/h4-12,14,20H,1-2,13,15-19H2,3H3/b23-9+. The summed E-state index contributed by atoms with van der Waals surface area (Å²) < 4.78 is 0. The zero-order valence-corrected chi connectivity index (χ0v) is 19.2. The number of piperazine rings is 1. The third-order valence-corrected chi connectivity index (χ3v) is 6.01. The Kier molecular flexibility index (Phi) is 6.98. The van der Waals surface area contributed by atoms with E-state index in [-0.39, 0.29) is 5.91 Å². The number of hydrogen-bond acceptors (Lipinski definition) is 4. The summed E-state index contributed by atoms with van der Waals surface area (Å²) in [7, 11) is 0. The SMILES string of the molecule is C=C/C=C(\C=C)c1nc(N2CCN(C(=O)CCc3ccccc3)CC2)c2ccc(C)cc2n1. The maximum atomic E-state index is 12.8. The third-order valence-electron chi connectivity index (χ3n) is 6.01. The average molecular weight is 439 g/mol. The van der Waals surface area contributed by atoms with Crippen molar-refractivity contribution < 1.29 is 4.79 Å². The first-order chi connectivity index (χ1) is 16.1. The molecule has 1 fully saturated rings. The number of aryl methyl sites for hydroxylation is 2. The average Bonchev–Trinajstić information content (AvgIpc) is 2.85. The molecule has 0 N–H and O–H groups in total. The van der Waals surface area contributed by atoms with Gasteiger partial charge in [-0.3, -0.25) is 4.79 Å². The Labute approximate surface area is 195 Å². The fourth-order valence-corrected chi connectivity index (χ4v) is 4.18. The predicted octanol–water partition coefficient (Wildman–Crippen LogP) is 4.98. The summed E-state index contributed by atoms with van der Waals surface area (Å²) in [5.74, 6) is 1.76. The highest BCUT2D eigenvalue weighted by Gasteiger charge is 2.24. The summed E-state index contributed by atoms with van der Waals surface area (Å²) in [6.45, 7) is 12.6. The van der Waals surface area contributed by atoms with Gasteiger partial charge in [0.15, 0.2) is 5.82 Å². The van der Waals surface area contributed by atoms with Crippen LogP contribution in [-0.4, -0.2) is 47.0 Å². The molecule has 0 spiro atoms. The fourth-order valence-electron chi connectivity index (χ4n) is 4.18. The molecule has 33 heavy (non-hydrogen) atoms. The molecule has 2 heterocycles. The number of nitrogens with zero attached hydrogens (tertiary/aromatic N) is 4. The monoisotopic (exact) mass is 438 g/mol. The summed E-state index contributed by atoms with van der Waals surface area (Å²) >= 11 is 0. The van der Waals surface area contributed by atoms with Gasteiger partial charge in [-0.05, 0) is 36.6 Å². The van der Waals surface area contributed by atoms with Crippen molar-refractivity contribution in [3.8, 4) is 0 Å². The number of rotatable bonds is 7. The van der Waals surface area contributed by atoms with E-state index in [1.54, 1.807) is 12.2 Å². The second-order valence-corrected chi connectivity index (χ2v) is 8.31. The molecule has 4 rings (SSSR count). The summed E-state index contributed by atoms with van der Waals surface area (Å²) in [6.07, 6.45) is 6.67. The molecule has 2 aromatic carbocycles. The van der Waals surface area contributed by atoms with E-state index >= 15 is 0 Å². The van der Waals surface area contributed by atoms with E-state index in [9.17, 15) is 4.79 Å². The van der Waals surface area contributed by atoms with Crippen LogP contribution in [0.2, 0.25) is 0 Å². The van der Waals surface area contributed by atoms with Crippen molar-refractivity contribution in [3.63, 3.8) is 0 Å². The normalized spacial score (nSPS) is 14.4. The highest BCUT2D eigenvalue weighted by atomic mass is 16.2. The first-order valence-electron chi connectivity index (χ1n) is 11.4. The topological polar surface area (TPSA) is 49.3 Å². The summed E-state index contributed by atoms with van der Waals surface area (Å²) in [4.78, 5) is 26.7. The largest absolute Gasteiger partial charge is 0.352 e. The number of aromatic nitrogens is 2. The highest BCUT2D eigenvalue weighted by Crippen LogP contribution is 2.28. The quantitative estimate of drug-likeness (QED) is 0.489. The van der Waals surface area contributed by atoms with Crippen LogP contribution >= 0.6 is 0 Å². The van der Waals surface area contributed by atoms with Crippen molar-refractivity contribution in [2.24, 2.45) is 0 Å². The van der Waals surface area contributed by atoms with Gasteiger partial charge < -0.3 is 9.80 Å². The van der Waals surface area contributed by atoms with Gasteiger partial charge in [0.25, 0.3) is 0 Å². The van der Waals surface area contributed by atoms with Crippen LogP contribution in [-0.2, 0) is 11.2 Å². The van der Waals surface area contributed by atoms with Gasteiger partial charge in [-0.2, -0.15) is 0 Å². The van der Waals surface area contributed by atoms with E-state index < -0.39 is 0 Å². The van der Waals surface area contributed by atoms with Gasteiger partial charge in [0.2, 0.25) is 5.91 Å². The lowest BCUT2D eigenvalue weighted by Gasteiger charge is -2.36. The van der Waals surface area contributed by atoms with Crippen LogP contribution < -0.4 is 4.90 Å². The zero-order chi connectivity index (χ0) is 23.2. The lowest BCUT2D eigenvalue weighted by atomic mass is 10.1. The Hall–Kier alpha value is -3.73. The number of carbonyl (C=O) groups excluding carboxylic acids is 1. The molecule has 3 aromatic rings. The molecule has 0 bridgehead atoms. The first-order valence-corrected chi connectivity index (χ1v) is 11.4. The highest BCUT2D eigenvalue weighted by molar-refractivity contribution is 5.92. The molecule has 168 valence electrons. The molecular formula is C28H30N4O. The first kappa shape index (κ1) is 22.5. The molecular weight excluding hydrogens is 408 g/mol. The molecule has 1 amide bonds. The van der Waals surface area contributed by atoms with Crippen LogP contribution in [0, 0.1) is 6.92 Å². The second kappa shape index (κ2) is 10.3. The smallest absolute Gasteiger partial charge is 0.223 e. The molecule has 5 nitrogen and oxygen atoms in total. The van der Waals surface area contributed by atoms with Crippen LogP contribution in [0.1, 0.15) is 23.4 Å². The van der Waals surface area contributed by atoms with E-state index in [0.29, 0.717) is 25.3 Å². The lowest BCUT2D eigenvalue weighted by Crippen LogP contribution is -2.49. The Balaban J connectivity index is 1.52. The maximum absolute atomic E-state index is 12.8. The minimum atomic E-state index is 0.213. The number of fused-ring (bicyclic) bond motifs is 1. The van der Waals surface area contributed by atoms with Crippen molar-refractivity contribution in [2.75, 3.05) is 31.1 Å². The predicted molar refractivity (Wildman–Crippen MR) is 136 cm³/mol. The Bertz CT molecular complexity index is 1190. The molecule has 0 aliphatic carbocycles. The van der Waals surface area contributed by atoms with Crippen molar-refractivity contribution in [1.82, 2.24) is 14.9 Å². The molecule has 0 radical (unpaired) electrons. The van der Waals surface area contributed by atoms with Gasteiger partial charge in [0.05, 0.1) is 5.52 Å². The van der Waals surface area contributed by atoms with Gasteiger partial charge >= 0.3 is 0 Å². The third kappa shape index (κ3) is 5.20. The van der Waals surface area contributed by atoms with E-state index in [0.717, 1.165) is 47.4 Å². The molecule has 0 atom stereocenters. The minimum Gasteiger partial charge on any atom is -0.352 e. The van der Waals surface area contributed by atoms with E-state index in [1.807, 2.05) is 29.2 Å². The number of amides is 1. The maximum Gasteiger partial charge on any atom is 0.223 e.